The van der Waals surface area contributed by atoms with Crippen LogP contribution in [0.1, 0.15) is 107 Å². The lowest BCUT2D eigenvalue weighted by Gasteiger charge is -2.72. The highest BCUT2D eigenvalue weighted by molar-refractivity contribution is 5.22. The highest BCUT2D eigenvalue weighted by atomic mass is 16.8. The van der Waals surface area contributed by atoms with Gasteiger partial charge in [0.25, 0.3) is 0 Å². The van der Waals surface area contributed by atoms with Crippen molar-refractivity contribution in [1.82, 2.24) is 0 Å². The molecule has 4 saturated carbocycles. The average Bonchev–Trinajstić information content (AvgIpc) is 3.85. The standard InChI is InChI=1S/C47H80O19/c1-42(2)27(52)10-12-44(5)26-15-21(50)29-20(47(8)14-11-28(66-47)43(3,4)59)9-13-45(29,6)46(26,7)16-23(38(42)44)61-40-36(33(56)31(54)24(17-48)62-40)65-41-37(34(57)32(55)25(18-49)63-41)64-39-35(58)30(53)22(51)19-60-39/h20-41,48-59H,9-19H2,1-8H3/t20-,21+,22+,23-,24+,25+,26+,27-,28-,29-,30-,31+,32+,33-,34-,35+,36+,37+,38-,39-,40+,41-,44+,45+,46+,47-/m0/s1. The summed E-state index contributed by atoms with van der Waals surface area (Å²) in [6.45, 7) is 14.5. The maximum absolute atomic E-state index is 12.5. The van der Waals surface area contributed by atoms with Crippen LogP contribution in [-0.2, 0) is 33.2 Å². The number of hydrogen-bond donors (Lipinski definition) is 12. The lowest BCUT2D eigenvalue weighted by molar-refractivity contribution is -0.397. The Kier molecular flexibility index (Phi) is 14.1. The minimum Gasteiger partial charge on any atom is -0.394 e. The average molecular weight is 949 g/mol. The molecule has 4 saturated heterocycles. The van der Waals surface area contributed by atoms with Gasteiger partial charge in [-0.15, -0.1) is 0 Å². The van der Waals surface area contributed by atoms with Crippen LogP contribution in [0.25, 0.3) is 0 Å². The molecule has 12 N–H and O–H groups in total. The molecular formula is C47H80O19. The second-order valence-electron chi connectivity index (χ2n) is 23.6. The van der Waals surface area contributed by atoms with Crippen LogP contribution < -0.4 is 0 Å². The van der Waals surface area contributed by atoms with Crippen molar-refractivity contribution < 1.29 is 94.4 Å². The molecule has 8 aliphatic rings. The summed E-state index contributed by atoms with van der Waals surface area (Å²) in [5, 5.41) is 133. The Balaban J connectivity index is 1.15. The Morgan fingerprint density at radius 3 is 1.76 bits per heavy atom. The van der Waals surface area contributed by atoms with Crippen molar-refractivity contribution in [3.05, 3.63) is 0 Å². The zero-order valence-electron chi connectivity index (χ0n) is 39.7. The Labute approximate surface area is 387 Å². The topological polar surface area (TPSA) is 307 Å². The molecule has 19 nitrogen and oxygen atoms in total. The van der Waals surface area contributed by atoms with Gasteiger partial charge in [-0.25, -0.2) is 0 Å². The smallest absolute Gasteiger partial charge is 0.187 e. The first-order chi connectivity index (χ1) is 30.7. The molecule has 0 aromatic rings. The first-order valence-electron chi connectivity index (χ1n) is 24.3. The Morgan fingerprint density at radius 1 is 0.621 bits per heavy atom. The molecule has 4 heterocycles. The summed E-state index contributed by atoms with van der Waals surface area (Å²) in [5.74, 6) is -0.564. The summed E-state index contributed by atoms with van der Waals surface area (Å²) in [6, 6.07) is 0. The summed E-state index contributed by atoms with van der Waals surface area (Å²) in [7, 11) is 0. The highest BCUT2D eigenvalue weighted by Gasteiger charge is 2.74. The van der Waals surface area contributed by atoms with Crippen LogP contribution in [0, 0.1) is 45.3 Å². The van der Waals surface area contributed by atoms with Gasteiger partial charge in [0.15, 0.2) is 18.9 Å². The Bertz CT molecular complexity index is 1700. The molecule has 26 atom stereocenters. The molecule has 66 heavy (non-hydrogen) atoms. The predicted molar refractivity (Wildman–Crippen MR) is 228 cm³/mol. The lowest BCUT2D eigenvalue weighted by Crippen LogP contribution is -2.71. The van der Waals surface area contributed by atoms with E-state index in [-0.39, 0.29) is 29.8 Å². The van der Waals surface area contributed by atoms with Crippen LogP contribution >= 0.6 is 0 Å². The molecule has 4 aliphatic carbocycles. The molecule has 0 unspecified atom stereocenters. The molecule has 0 bridgehead atoms. The minimum absolute atomic E-state index is 0.00530. The monoisotopic (exact) mass is 949 g/mol. The van der Waals surface area contributed by atoms with Crippen molar-refractivity contribution in [2.24, 2.45) is 45.3 Å². The zero-order chi connectivity index (χ0) is 48.4. The fourth-order valence-electron chi connectivity index (χ4n) is 15.3. The van der Waals surface area contributed by atoms with E-state index in [1.54, 1.807) is 13.8 Å². The maximum atomic E-state index is 12.5. The van der Waals surface area contributed by atoms with E-state index in [1.807, 2.05) is 13.8 Å². The van der Waals surface area contributed by atoms with Gasteiger partial charge in [-0.05, 0) is 117 Å². The number of aliphatic hydroxyl groups excluding tert-OH is 11. The van der Waals surface area contributed by atoms with E-state index < -0.39 is 157 Å². The van der Waals surface area contributed by atoms with Crippen LogP contribution in [0.4, 0.5) is 0 Å². The van der Waals surface area contributed by atoms with Gasteiger partial charge in [-0.2, -0.15) is 0 Å². The lowest BCUT2D eigenvalue weighted by atomic mass is 9.34. The van der Waals surface area contributed by atoms with Crippen molar-refractivity contribution in [2.45, 2.75) is 228 Å². The second-order valence-corrected chi connectivity index (χ2v) is 23.6. The van der Waals surface area contributed by atoms with Gasteiger partial charge in [-0.1, -0.05) is 34.6 Å². The number of hydrogen-bond acceptors (Lipinski definition) is 19. The van der Waals surface area contributed by atoms with Crippen molar-refractivity contribution in [2.75, 3.05) is 19.8 Å². The summed E-state index contributed by atoms with van der Waals surface area (Å²) in [4.78, 5) is 0. The van der Waals surface area contributed by atoms with Gasteiger partial charge in [-0.3, -0.25) is 0 Å². The second kappa shape index (κ2) is 18.1. The van der Waals surface area contributed by atoms with Gasteiger partial charge in [0, 0.05) is 0 Å². The van der Waals surface area contributed by atoms with Crippen molar-refractivity contribution >= 4 is 0 Å². The first kappa shape index (κ1) is 51.6. The minimum atomic E-state index is -1.87. The zero-order valence-corrected chi connectivity index (χ0v) is 39.7. The van der Waals surface area contributed by atoms with Crippen LogP contribution in [-0.4, -0.2) is 203 Å². The van der Waals surface area contributed by atoms with E-state index in [4.69, 9.17) is 33.2 Å². The number of aliphatic hydroxyl groups is 12. The summed E-state index contributed by atoms with van der Waals surface area (Å²) in [6.07, 6.45) is -20.7. The Hall–Kier alpha value is -0.760. The van der Waals surface area contributed by atoms with Crippen molar-refractivity contribution in [1.29, 1.82) is 0 Å². The molecule has 8 rings (SSSR count). The molecule has 19 heteroatoms. The third kappa shape index (κ3) is 8.16. The van der Waals surface area contributed by atoms with Crippen molar-refractivity contribution in [3.63, 3.8) is 0 Å². The van der Waals surface area contributed by atoms with Gasteiger partial charge in [0.05, 0.1) is 55.4 Å². The molecule has 0 spiro atoms. The van der Waals surface area contributed by atoms with E-state index in [0.29, 0.717) is 32.1 Å². The van der Waals surface area contributed by atoms with Gasteiger partial charge < -0.3 is 94.4 Å². The fraction of sp³-hybridized carbons (Fsp3) is 1.00. The SMILES string of the molecule is CC(C)(O)[C@@H]1CC[C@@](C)([C@H]2CC[C@]3(C)[C@@H]2[C@H](O)C[C@@H]2[C@@]4(C)CC[C@H](O)C(C)(C)[C@@H]4[C@@H](O[C@@H]4O[C@H](CO)[C@@H](O)[C@H](O)[C@H]4O[C@@H]4O[C@H](CO)[C@@H](O)[C@H](O)[C@H]4O[C@@H]4OC[C@@H](O)[C@H](O)[C@H]4O)C[C@]23C)O1. The molecule has 8 fully saturated rings. The van der Waals surface area contributed by atoms with E-state index in [9.17, 15) is 61.3 Å². The van der Waals surface area contributed by atoms with E-state index in [1.165, 1.54) is 0 Å². The van der Waals surface area contributed by atoms with Crippen LogP contribution in [0.15, 0.2) is 0 Å². The number of rotatable bonds is 10. The summed E-state index contributed by atoms with van der Waals surface area (Å²) >= 11 is 0. The third-order valence-electron chi connectivity index (χ3n) is 19.1. The summed E-state index contributed by atoms with van der Waals surface area (Å²) < 4.78 is 43.9. The third-order valence-corrected chi connectivity index (χ3v) is 19.1. The number of ether oxygens (including phenoxy) is 7. The maximum Gasteiger partial charge on any atom is 0.187 e. The van der Waals surface area contributed by atoms with E-state index in [2.05, 4.69) is 27.7 Å². The van der Waals surface area contributed by atoms with Crippen molar-refractivity contribution in [3.8, 4) is 0 Å². The molecule has 382 valence electrons. The molecule has 0 radical (unpaired) electrons. The molecular weight excluding hydrogens is 868 g/mol. The van der Waals surface area contributed by atoms with Gasteiger partial charge in [0.1, 0.15) is 67.1 Å². The van der Waals surface area contributed by atoms with Crippen LogP contribution in [0.5, 0.6) is 0 Å². The number of fused-ring (bicyclic) bond motifs is 5. The summed E-state index contributed by atoms with van der Waals surface area (Å²) in [5.41, 5.74) is -3.83. The Morgan fingerprint density at radius 2 is 1.20 bits per heavy atom. The predicted octanol–water partition coefficient (Wildman–Crippen LogP) is -1.21. The highest BCUT2D eigenvalue weighted by Crippen LogP contribution is 2.76. The van der Waals surface area contributed by atoms with Gasteiger partial charge in [0.2, 0.25) is 0 Å². The van der Waals surface area contributed by atoms with Crippen LogP contribution in [0.3, 0.4) is 0 Å². The van der Waals surface area contributed by atoms with Crippen LogP contribution in [0.2, 0.25) is 0 Å². The van der Waals surface area contributed by atoms with E-state index in [0.717, 1.165) is 19.3 Å². The largest absolute Gasteiger partial charge is 0.394 e. The molecule has 0 aromatic carbocycles. The molecule has 0 aromatic heterocycles. The first-order valence-corrected chi connectivity index (χ1v) is 24.3. The van der Waals surface area contributed by atoms with Gasteiger partial charge >= 0.3 is 0 Å². The quantitative estimate of drug-likeness (QED) is 0.114. The molecule has 0 amide bonds. The fourth-order valence-corrected chi connectivity index (χ4v) is 15.3. The van der Waals surface area contributed by atoms with E-state index >= 15 is 0 Å². The molecule has 4 aliphatic heterocycles. The normalized spacial score (nSPS) is 56.4.